The number of hydrogen-bond donors (Lipinski definition) is 1. The highest BCUT2D eigenvalue weighted by Gasteiger charge is 2.43. The molecule has 2 bridgehead atoms. The van der Waals surface area contributed by atoms with E-state index in [0.717, 1.165) is 0 Å². The highest BCUT2D eigenvalue weighted by atomic mass is 16.6. The maximum atomic E-state index is 12.3. The van der Waals surface area contributed by atoms with Crippen LogP contribution in [0.15, 0.2) is 0 Å². The number of carbonyl (C=O) groups is 2. The van der Waals surface area contributed by atoms with Gasteiger partial charge in [-0.15, -0.1) is 0 Å². The van der Waals surface area contributed by atoms with Crippen molar-refractivity contribution in [2.24, 2.45) is 0 Å². The summed E-state index contributed by atoms with van der Waals surface area (Å²) in [4.78, 5) is 24.6. The minimum atomic E-state index is -0.981. The molecule has 1 N–H and O–H groups in total. The quantitative estimate of drug-likeness (QED) is 0.844. The molecular formula is C14H23NO6. The second-order valence-corrected chi connectivity index (χ2v) is 6.53. The standard InChI is InChI=1S/C14H23NO6/c1-14(2,3)21-13(18)15-9-4-11(20-8-12(16)17)5-10(15)7-19-6-9/h9-11H,4-8H2,1-3H3,(H,16,17). The second-order valence-electron chi connectivity index (χ2n) is 6.53. The summed E-state index contributed by atoms with van der Waals surface area (Å²) < 4.78 is 16.3. The maximum absolute atomic E-state index is 12.3. The lowest BCUT2D eigenvalue weighted by Gasteiger charge is -2.47. The van der Waals surface area contributed by atoms with Crippen molar-refractivity contribution in [2.75, 3.05) is 19.8 Å². The van der Waals surface area contributed by atoms with Crippen LogP contribution in [0, 0.1) is 0 Å². The summed E-state index contributed by atoms with van der Waals surface area (Å²) >= 11 is 0. The smallest absolute Gasteiger partial charge is 0.410 e. The Bertz CT molecular complexity index is 391. The number of hydrogen-bond acceptors (Lipinski definition) is 5. The van der Waals surface area contributed by atoms with Crippen molar-refractivity contribution in [3.8, 4) is 0 Å². The Kier molecular flexibility index (Phi) is 4.73. The van der Waals surface area contributed by atoms with Gasteiger partial charge in [-0.1, -0.05) is 0 Å². The molecule has 0 aromatic rings. The highest BCUT2D eigenvalue weighted by Crippen LogP contribution is 2.30. The van der Waals surface area contributed by atoms with Crippen LogP contribution in [0.5, 0.6) is 0 Å². The Hall–Kier alpha value is -1.34. The monoisotopic (exact) mass is 301 g/mol. The lowest BCUT2D eigenvalue weighted by Crippen LogP contribution is -2.61. The number of aliphatic carboxylic acids is 1. The van der Waals surface area contributed by atoms with Crippen LogP contribution in [-0.2, 0) is 19.0 Å². The van der Waals surface area contributed by atoms with E-state index < -0.39 is 11.6 Å². The number of piperidine rings is 1. The predicted molar refractivity (Wildman–Crippen MR) is 73.1 cm³/mol. The number of nitrogens with zero attached hydrogens (tertiary/aromatic N) is 1. The average Bonchev–Trinajstić information content (AvgIpc) is 2.32. The Morgan fingerprint density at radius 2 is 1.81 bits per heavy atom. The van der Waals surface area contributed by atoms with Gasteiger partial charge in [0.2, 0.25) is 0 Å². The van der Waals surface area contributed by atoms with Crippen LogP contribution in [0.1, 0.15) is 33.6 Å². The van der Waals surface area contributed by atoms with E-state index in [1.807, 2.05) is 20.8 Å². The molecule has 7 heteroatoms. The number of rotatable bonds is 3. The summed E-state index contributed by atoms with van der Waals surface area (Å²) in [5, 5.41) is 8.68. The first-order chi connectivity index (χ1) is 9.76. The van der Waals surface area contributed by atoms with E-state index >= 15 is 0 Å². The van der Waals surface area contributed by atoms with Crippen molar-refractivity contribution in [3.63, 3.8) is 0 Å². The van der Waals surface area contributed by atoms with Gasteiger partial charge in [0.1, 0.15) is 12.2 Å². The van der Waals surface area contributed by atoms with E-state index in [0.29, 0.717) is 26.1 Å². The Morgan fingerprint density at radius 3 is 2.29 bits per heavy atom. The van der Waals surface area contributed by atoms with Gasteiger partial charge in [0, 0.05) is 0 Å². The lowest BCUT2D eigenvalue weighted by atomic mass is 9.92. The van der Waals surface area contributed by atoms with Crippen LogP contribution in [0.25, 0.3) is 0 Å². The van der Waals surface area contributed by atoms with Gasteiger partial charge in [0.25, 0.3) is 0 Å². The Morgan fingerprint density at radius 1 is 1.24 bits per heavy atom. The third kappa shape index (κ3) is 4.31. The van der Waals surface area contributed by atoms with Gasteiger partial charge in [-0.2, -0.15) is 0 Å². The number of carboxylic acids is 1. The number of ether oxygens (including phenoxy) is 3. The first kappa shape index (κ1) is 16.0. The Labute approximate surface area is 124 Å². The topological polar surface area (TPSA) is 85.3 Å². The van der Waals surface area contributed by atoms with E-state index in [1.165, 1.54) is 0 Å². The van der Waals surface area contributed by atoms with Gasteiger partial charge in [-0.25, -0.2) is 9.59 Å². The molecule has 2 aliphatic rings. The summed E-state index contributed by atoms with van der Waals surface area (Å²) in [7, 11) is 0. The van der Waals surface area contributed by atoms with E-state index in [2.05, 4.69) is 0 Å². The number of fused-ring (bicyclic) bond motifs is 2. The maximum Gasteiger partial charge on any atom is 0.410 e. The number of morpholine rings is 1. The van der Waals surface area contributed by atoms with Crippen LogP contribution in [0.2, 0.25) is 0 Å². The molecule has 2 heterocycles. The lowest BCUT2D eigenvalue weighted by molar-refractivity contribution is -0.151. The van der Waals surface area contributed by atoms with Crippen LogP contribution in [-0.4, -0.2) is 65.7 Å². The van der Waals surface area contributed by atoms with Crippen molar-refractivity contribution in [1.82, 2.24) is 4.90 Å². The van der Waals surface area contributed by atoms with E-state index in [4.69, 9.17) is 19.3 Å². The molecule has 0 saturated carbocycles. The number of carboxylic acid groups (broad SMARTS) is 1. The molecule has 0 aliphatic carbocycles. The first-order valence-electron chi connectivity index (χ1n) is 7.18. The van der Waals surface area contributed by atoms with Crippen LogP contribution >= 0.6 is 0 Å². The second kappa shape index (κ2) is 6.19. The third-order valence-electron chi connectivity index (χ3n) is 3.52. The van der Waals surface area contributed by atoms with Gasteiger partial charge in [-0.3, -0.25) is 4.90 Å². The summed E-state index contributed by atoms with van der Waals surface area (Å²) in [6, 6.07) is -0.239. The molecule has 1 amide bonds. The molecule has 120 valence electrons. The predicted octanol–water partition coefficient (Wildman–Crippen LogP) is 1.25. The van der Waals surface area contributed by atoms with Gasteiger partial charge < -0.3 is 19.3 Å². The van der Waals surface area contributed by atoms with Crippen LogP contribution in [0.3, 0.4) is 0 Å². The zero-order chi connectivity index (χ0) is 15.6. The molecule has 21 heavy (non-hydrogen) atoms. The fraction of sp³-hybridized carbons (Fsp3) is 0.857. The average molecular weight is 301 g/mol. The van der Waals surface area contributed by atoms with Crippen molar-refractivity contribution in [2.45, 2.75) is 57.4 Å². The molecular weight excluding hydrogens is 278 g/mol. The van der Waals surface area contributed by atoms with Crippen molar-refractivity contribution in [1.29, 1.82) is 0 Å². The van der Waals surface area contributed by atoms with Gasteiger partial charge in [0.05, 0.1) is 31.4 Å². The van der Waals surface area contributed by atoms with E-state index in [9.17, 15) is 9.59 Å². The highest BCUT2D eigenvalue weighted by molar-refractivity contribution is 5.69. The third-order valence-corrected chi connectivity index (χ3v) is 3.52. The summed E-state index contributed by atoms with van der Waals surface area (Å²) in [6.45, 7) is 6.06. The van der Waals surface area contributed by atoms with Crippen molar-refractivity contribution < 1.29 is 28.9 Å². The van der Waals surface area contributed by atoms with Crippen molar-refractivity contribution in [3.05, 3.63) is 0 Å². The van der Waals surface area contributed by atoms with Gasteiger partial charge in [0.15, 0.2) is 0 Å². The zero-order valence-electron chi connectivity index (χ0n) is 12.7. The molecule has 0 aromatic heterocycles. The fourth-order valence-electron chi connectivity index (χ4n) is 2.80. The van der Waals surface area contributed by atoms with Gasteiger partial charge in [-0.05, 0) is 33.6 Å². The molecule has 2 aliphatic heterocycles. The van der Waals surface area contributed by atoms with Crippen LogP contribution in [0.4, 0.5) is 4.79 Å². The van der Waals surface area contributed by atoms with E-state index in [1.54, 1.807) is 4.90 Å². The summed E-state index contributed by atoms with van der Waals surface area (Å²) in [5.41, 5.74) is -0.539. The van der Waals surface area contributed by atoms with Crippen LogP contribution < -0.4 is 0 Å². The fourth-order valence-corrected chi connectivity index (χ4v) is 2.80. The summed E-state index contributed by atoms with van der Waals surface area (Å²) in [6.07, 6.45) is 0.655. The van der Waals surface area contributed by atoms with E-state index in [-0.39, 0.29) is 30.9 Å². The Balaban J connectivity index is 1.99. The molecule has 7 nitrogen and oxygen atoms in total. The molecule has 2 rings (SSSR count). The molecule has 2 unspecified atom stereocenters. The SMILES string of the molecule is CC(C)(C)OC(=O)N1C2COCC1CC(OCC(=O)O)C2. The van der Waals surface area contributed by atoms with Gasteiger partial charge >= 0.3 is 12.1 Å². The molecule has 0 radical (unpaired) electrons. The molecule has 2 fully saturated rings. The van der Waals surface area contributed by atoms with Crippen molar-refractivity contribution >= 4 is 12.1 Å². The largest absolute Gasteiger partial charge is 0.480 e. The molecule has 2 atom stereocenters. The molecule has 2 saturated heterocycles. The molecule has 0 aromatic carbocycles. The number of carbonyl (C=O) groups excluding carboxylic acids is 1. The molecule has 0 spiro atoms. The minimum absolute atomic E-state index is 0.119. The summed E-state index contributed by atoms with van der Waals surface area (Å²) in [5.74, 6) is -0.981. The normalized spacial score (nSPS) is 29.1. The first-order valence-corrected chi connectivity index (χ1v) is 7.18. The zero-order valence-corrected chi connectivity index (χ0v) is 12.7. The minimum Gasteiger partial charge on any atom is -0.480 e. The number of amides is 1.